The van der Waals surface area contributed by atoms with Crippen molar-refractivity contribution in [2.75, 3.05) is 26.2 Å². The van der Waals surface area contributed by atoms with Gasteiger partial charge in [0.2, 0.25) is 5.91 Å². The standard InChI is InChI=1S/C13H15F3N2O3/c14-10-3-1-2-9(6-10)13(21)17-7-12(20)18(4-5-19)8-11(15)16/h1-3,6,11,19H,4-5,7-8H2,(H,17,21). The lowest BCUT2D eigenvalue weighted by atomic mass is 10.2. The molecule has 0 saturated carbocycles. The molecule has 0 aromatic heterocycles. The summed E-state index contributed by atoms with van der Waals surface area (Å²) < 4.78 is 37.5. The molecule has 0 atom stereocenters. The van der Waals surface area contributed by atoms with Crippen molar-refractivity contribution >= 4 is 11.8 Å². The number of rotatable bonds is 7. The fraction of sp³-hybridized carbons (Fsp3) is 0.385. The van der Waals surface area contributed by atoms with E-state index in [0.29, 0.717) is 0 Å². The Morgan fingerprint density at radius 3 is 2.62 bits per heavy atom. The molecule has 0 radical (unpaired) electrons. The van der Waals surface area contributed by atoms with Crippen LogP contribution in [0.2, 0.25) is 0 Å². The highest BCUT2D eigenvalue weighted by molar-refractivity contribution is 5.96. The minimum absolute atomic E-state index is 0.0189. The summed E-state index contributed by atoms with van der Waals surface area (Å²) in [5, 5.41) is 10.9. The molecule has 5 nitrogen and oxygen atoms in total. The Morgan fingerprint density at radius 1 is 1.33 bits per heavy atom. The van der Waals surface area contributed by atoms with Gasteiger partial charge in [-0.3, -0.25) is 9.59 Å². The number of hydrogen-bond acceptors (Lipinski definition) is 3. The summed E-state index contributed by atoms with van der Waals surface area (Å²) >= 11 is 0. The van der Waals surface area contributed by atoms with Crippen molar-refractivity contribution < 1.29 is 27.9 Å². The number of aliphatic hydroxyl groups excluding tert-OH is 1. The van der Waals surface area contributed by atoms with Crippen molar-refractivity contribution in [2.45, 2.75) is 6.43 Å². The molecule has 0 aliphatic rings. The molecule has 0 aliphatic carbocycles. The molecule has 1 aromatic rings. The zero-order chi connectivity index (χ0) is 15.8. The van der Waals surface area contributed by atoms with Gasteiger partial charge in [0.05, 0.1) is 19.7 Å². The average Bonchev–Trinajstić information content (AvgIpc) is 2.43. The first-order valence-electron chi connectivity index (χ1n) is 6.14. The molecule has 0 unspecified atom stereocenters. The van der Waals surface area contributed by atoms with Gasteiger partial charge in [0.1, 0.15) is 5.82 Å². The van der Waals surface area contributed by atoms with Crippen molar-refractivity contribution in [1.29, 1.82) is 0 Å². The quantitative estimate of drug-likeness (QED) is 0.777. The zero-order valence-electron chi connectivity index (χ0n) is 11.1. The molecule has 1 rings (SSSR count). The van der Waals surface area contributed by atoms with Gasteiger partial charge in [0, 0.05) is 12.1 Å². The molecule has 0 bridgehead atoms. The van der Waals surface area contributed by atoms with Gasteiger partial charge in [-0.15, -0.1) is 0 Å². The molecule has 2 N–H and O–H groups in total. The summed E-state index contributed by atoms with van der Waals surface area (Å²) in [6.45, 7) is -2.05. The summed E-state index contributed by atoms with van der Waals surface area (Å²) in [6.07, 6.45) is -2.74. The van der Waals surface area contributed by atoms with E-state index in [1.807, 2.05) is 0 Å². The number of nitrogens with one attached hydrogen (secondary N) is 1. The van der Waals surface area contributed by atoms with Crippen LogP contribution in [-0.4, -0.2) is 54.5 Å². The third-order valence-electron chi connectivity index (χ3n) is 2.57. The first kappa shape index (κ1) is 17.0. The number of aliphatic hydroxyl groups is 1. The topological polar surface area (TPSA) is 69.6 Å². The lowest BCUT2D eigenvalue weighted by Crippen LogP contribution is -2.43. The molecule has 2 amide bonds. The molecule has 0 fully saturated rings. The third-order valence-corrected chi connectivity index (χ3v) is 2.57. The van der Waals surface area contributed by atoms with E-state index >= 15 is 0 Å². The highest BCUT2D eigenvalue weighted by Crippen LogP contribution is 2.03. The monoisotopic (exact) mass is 304 g/mol. The van der Waals surface area contributed by atoms with Crippen LogP contribution in [0.1, 0.15) is 10.4 Å². The highest BCUT2D eigenvalue weighted by atomic mass is 19.3. The molecule has 8 heteroatoms. The lowest BCUT2D eigenvalue weighted by molar-refractivity contribution is -0.132. The van der Waals surface area contributed by atoms with E-state index in [0.717, 1.165) is 17.0 Å². The molecular weight excluding hydrogens is 289 g/mol. The molecule has 0 aliphatic heterocycles. The third kappa shape index (κ3) is 5.82. The molecule has 116 valence electrons. The number of amides is 2. The summed E-state index contributed by atoms with van der Waals surface area (Å²) in [4.78, 5) is 24.1. The maximum Gasteiger partial charge on any atom is 0.255 e. The van der Waals surface area contributed by atoms with E-state index in [9.17, 15) is 22.8 Å². The van der Waals surface area contributed by atoms with Gasteiger partial charge in [-0.25, -0.2) is 13.2 Å². The summed E-state index contributed by atoms with van der Waals surface area (Å²) in [5.41, 5.74) is 0.0189. The van der Waals surface area contributed by atoms with Crippen molar-refractivity contribution in [3.8, 4) is 0 Å². The molecule has 0 heterocycles. The van der Waals surface area contributed by atoms with Gasteiger partial charge >= 0.3 is 0 Å². The first-order chi connectivity index (χ1) is 9.93. The predicted molar refractivity (Wildman–Crippen MR) is 68.4 cm³/mol. The second kappa shape index (κ2) is 8.25. The lowest BCUT2D eigenvalue weighted by Gasteiger charge is -2.21. The number of hydrogen-bond donors (Lipinski definition) is 2. The Morgan fingerprint density at radius 2 is 2.05 bits per heavy atom. The minimum Gasteiger partial charge on any atom is -0.395 e. The van der Waals surface area contributed by atoms with E-state index in [4.69, 9.17) is 5.11 Å². The van der Waals surface area contributed by atoms with Crippen LogP contribution in [0, 0.1) is 5.82 Å². The number of alkyl halides is 2. The van der Waals surface area contributed by atoms with Crippen molar-refractivity contribution in [3.05, 3.63) is 35.6 Å². The Bertz CT molecular complexity index is 497. The summed E-state index contributed by atoms with van der Waals surface area (Å²) in [7, 11) is 0. The molecule has 0 saturated heterocycles. The van der Waals surface area contributed by atoms with Crippen LogP contribution in [0.25, 0.3) is 0 Å². The van der Waals surface area contributed by atoms with Crippen molar-refractivity contribution in [3.63, 3.8) is 0 Å². The van der Waals surface area contributed by atoms with Crippen molar-refractivity contribution in [2.24, 2.45) is 0 Å². The van der Waals surface area contributed by atoms with Crippen LogP contribution in [-0.2, 0) is 4.79 Å². The minimum atomic E-state index is -2.74. The number of halogens is 3. The van der Waals surface area contributed by atoms with Crippen LogP contribution in [0.15, 0.2) is 24.3 Å². The number of nitrogens with zero attached hydrogens (tertiary/aromatic N) is 1. The molecular formula is C13H15F3N2O3. The van der Waals surface area contributed by atoms with Crippen LogP contribution >= 0.6 is 0 Å². The fourth-order valence-electron chi connectivity index (χ4n) is 1.60. The van der Waals surface area contributed by atoms with Gasteiger partial charge < -0.3 is 15.3 Å². The second-order valence-electron chi connectivity index (χ2n) is 4.15. The van der Waals surface area contributed by atoms with Crippen molar-refractivity contribution in [1.82, 2.24) is 10.2 Å². The van der Waals surface area contributed by atoms with E-state index in [1.54, 1.807) is 0 Å². The number of benzene rings is 1. The molecule has 0 spiro atoms. The van der Waals surface area contributed by atoms with E-state index in [-0.39, 0.29) is 12.1 Å². The number of carbonyl (C=O) groups is 2. The summed E-state index contributed by atoms with van der Waals surface area (Å²) in [5.74, 6) is -2.05. The van der Waals surface area contributed by atoms with Gasteiger partial charge in [-0.1, -0.05) is 6.07 Å². The fourth-order valence-corrected chi connectivity index (χ4v) is 1.60. The zero-order valence-corrected chi connectivity index (χ0v) is 11.1. The smallest absolute Gasteiger partial charge is 0.255 e. The Hall–Kier alpha value is -2.09. The molecule has 21 heavy (non-hydrogen) atoms. The van der Waals surface area contributed by atoms with Gasteiger partial charge in [0.15, 0.2) is 0 Å². The van der Waals surface area contributed by atoms with Crippen LogP contribution in [0.4, 0.5) is 13.2 Å². The Balaban J connectivity index is 2.56. The Kier molecular flexibility index (Phi) is 6.67. The van der Waals surface area contributed by atoms with Crippen LogP contribution < -0.4 is 5.32 Å². The van der Waals surface area contributed by atoms with Crippen LogP contribution in [0.5, 0.6) is 0 Å². The van der Waals surface area contributed by atoms with E-state index in [1.165, 1.54) is 12.1 Å². The van der Waals surface area contributed by atoms with E-state index < -0.39 is 43.8 Å². The Labute approximate surface area is 119 Å². The summed E-state index contributed by atoms with van der Waals surface area (Å²) in [6, 6.07) is 4.84. The second-order valence-corrected chi connectivity index (χ2v) is 4.15. The van der Waals surface area contributed by atoms with Gasteiger partial charge in [-0.05, 0) is 18.2 Å². The van der Waals surface area contributed by atoms with Gasteiger partial charge in [0.25, 0.3) is 12.3 Å². The maximum atomic E-state index is 12.9. The average molecular weight is 304 g/mol. The van der Waals surface area contributed by atoms with E-state index in [2.05, 4.69) is 5.32 Å². The highest BCUT2D eigenvalue weighted by Gasteiger charge is 2.18. The maximum absolute atomic E-state index is 12.9. The predicted octanol–water partition coefficient (Wildman–Crippen LogP) is 0.641. The normalized spacial score (nSPS) is 10.5. The SMILES string of the molecule is O=C(NCC(=O)N(CCO)CC(F)F)c1cccc(F)c1. The largest absolute Gasteiger partial charge is 0.395 e. The number of carbonyl (C=O) groups excluding carboxylic acids is 2. The molecule has 1 aromatic carbocycles. The van der Waals surface area contributed by atoms with Gasteiger partial charge in [-0.2, -0.15) is 0 Å². The van der Waals surface area contributed by atoms with Crippen LogP contribution in [0.3, 0.4) is 0 Å². The first-order valence-corrected chi connectivity index (χ1v) is 6.14.